The van der Waals surface area contributed by atoms with E-state index in [1.165, 1.54) is 64.6 Å². The van der Waals surface area contributed by atoms with Gasteiger partial charge in [0.2, 0.25) is 0 Å². The number of nitrogens with zero attached hydrogens (tertiary/aromatic N) is 1. The van der Waals surface area contributed by atoms with Crippen molar-refractivity contribution >= 4 is 0 Å². The lowest BCUT2D eigenvalue weighted by molar-refractivity contribution is 0.192. The van der Waals surface area contributed by atoms with Crippen molar-refractivity contribution in [2.75, 3.05) is 33.4 Å². The van der Waals surface area contributed by atoms with E-state index in [9.17, 15) is 0 Å². The Morgan fingerprint density at radius 1 is 0.750 bits per heavy atom. The molecule has 0 N–H and O–H groups in total. The smallest absolute Gasteiger partial charge is 0.0462 e. The fraction of sp³-hybridized carbons (Fsp3) is 1.00. The summed E-state index contributed by atoms with van der Waals surface area (Å²) in [6, 6.07) is 0. The van der Waals surface area contributed by atoms with Gasteiger partial charge in [-0.2, -0.15) is 0 Å². The Morgan fingerprint density at radius 3 is 1.75 bits per heavy atom. The van der Waals surface area contributed by atoms with Crippen LogP contribution in [0, 0.1) is 0 Å². The highest BCUT2D eigenvalue weighted by Crippen LogP contribution is 2.07. The molecule has 0 aliphatic carbocycles. The van der Waals surface area contributed by atoms with Gasteiger partial charge in [-0.3, -0.25) is 0 Å². The van der Waals surface area contributed by atoms with Crippen LogP contribution in [0.4, 0.5) is 0 Å². The molecule has 0 aromatic carbocycles. The molecule has 0 radical (unpaired) electrons. The zero-order valence-electron chi connectivity index (χ0n) is 11.6. The van der Waals surface area contributed by atoms with Crippen LogP contribution in [0.5, 0.6) is 0 Å². The summed E-state index contributed by atoms with van der Waals surface area (Å²) < 4.78 is 5.03. The molecule has 98 valence electrons. The highest BCUT2D eigenvalue weighted by atomic mass is 16.5. The molecular formula is C14H31NO. The number of unbranched alkanes of at least 4 members (excludes halogenated alkanes) is 6. The number of rotatable bonds is 12. The van der Waals surface area contributed by atoms with E-state index in [0.717, 1.165) is 6.61 Å². The summed E-state index contributed by atoms with van der Waals surface area (Å²) in [5.74, 6) is 0. The van der Waals surface area contributed by atoms with Crippen LogP contribution >= 0.6 is 0 Å². The first-order valence-electron chi connectivity index (χ1n) is 7.06. The minimum absolute atomic E-state index is 0.932. The lowest BCUT2D eigenvalue weighted by Gasteiger charge is -2.17. The van der Waals surface area contributed by atoms with Gasteiger partial charge in [0, 0.05) is 13.7 Å². The van der Waals surface area contributed by atoms with Crippen molar-refractivity contribution in [3.05, 3.63) is 0 Å². The molecule has 0 aliphatic rings. The normalized spacial score (nSPS) is 11.2. The fourth-order valence-electron chi connectivity index (χ4n) is 2.01. The van der Waals surface area contributed by atoms with E-state index >= 15 is 0 Å². The van der Waals surface area contributed by atoms with Crippen molar-refractivity contribution in [3.63, 3.8) is 0 Å². The third kappa shape index (κ3) is 10.4. The van der Waals surface area contributed by atoms with Gasteiger partial charge >= 0.3 is 0 Å². The van der Waals surface area contributed by atoms with Gasteiger partial charge in [0.05, 0.1) is 0 Å². The fourth-order valence-corrected chi connectivity index (χ4v) is 2.01. The van der Waals surface area contributed by atoms with E-state index in [0.29, 0.717) is 0 Å². The summed E-state index contributed by atoms with van der Waals surface area (Å²) in [6.07, 6.45) is 9.55. The Balaban J connectivity index is 3.03. The van der Waals surface area contributed by atoms with Crippen LogP contribution in [0.1, 0.15) is 58.8 Å². The number of hydrogen-bond acceptors (Lipinski definition) is 2. The van der Waals surface area contributed by atoms with Crippen molar-refractivity contribution in [2.24, 2.45) is 0 Å². The first kappa shape index (κ1) is 15.9. The van der Waals surface area contributed by atoms with Crippen LogP contribution in [-0.4, -0.2) is 38.3 Å². The van der Waals surface area contributed by atoms with Gasteiger partial charge < -0.3 is 9.64 Å². The number of methoxy groups -OCH3 is 1. The molecule has 0 aliphatic heterocycles. The molecule has 2 nitrogen and oxygen atoms in total. The average Bonchev–Trinajstić information content (AvgIpc) is 2.32. The molecule has 0 atom stereocenters. The van der Waals surface area contributed by atoms with Gasteiger partial charge in [-0.15, -0.1) is 0 Å². The van der Waals surface area contributed by atoms with E-state index in [1.54, 1.807) is 7.11 Å². The summed E-state index contributed by atoms with van der Waals surface area (Å²) in [5.41, 5.74) is 0. The molecule has 0 rings (SSSR count). The molecule has 0 amide bonds. The quantitative estimate of drug-likeness (QED) is 0.473. The zero-order valence-corrected chi connectivity index (χ0v) is 11.6. The van der Waals surface area contributed by atoms with Crippen molar-refractivity contribution in [3.8, 4) is 0 Å². The Hall–Kier alpha value is -0.0800. The molecular weight excluding hydrogens is 198 g/mol. The van der Waals surface area contributed by atoms with Gasteiger partial charge in [0.1, 0.15) is 0 Å². The summed E-state index contributed by atoms with van der Waals surface area (Å²) in [5, 5.41) is 0. The molecule has 16 heavy (non-hydrogen) atoms. The number of hydrogen-bond donors (Lipinski definition) is 0. The second-order valence-corrected chi connectivity index (χ2v) is 4.49. The van der Waals surface area contributed by atoms with Crippen LogP contribution in [0.2, 0.25) is 0 Å². The second kappa shape index (κ2) is 13.0. The molecule has 0 fully saturated rings. The third-order valence-electron chi connectivity index (χ3n) is 3.22. The van der Waals surface area contributed by atoms with E-state index in [2.05, 4.69) is 18.7 Å². The topological polar surface area (TPSA) is 12.5 Å². The largest absolute Gasteiger partial charge is 0.385 e. The average molecular weight is 229 g/mol. The standard InChI is InChI=1S/C14H31NO/c1-4-15(5-2)13-11-9-7-6-8-10-12-14-16-3/h4-14H2,1-3H3. The second-order valence-electron chi connectivity index (χ2n) is 4.49. The lowest BCUT2D eigenvalue weighted by atomic mass is 10.1. The minimum atomic E-state index is 0.932. The molecule has 0 bridgehead atoms. The maximum Gasteiger partial charge on any atom is 0.0462 e. The first-order valence-corrected chi connectivity index (χ1v) is 7.06. The van der Waals surface area contributed by atoms with Gasteiger partial charge in [0.15, 0.2) is 0 Å². The zero-order chi connectivity index (χ0) is 12.1. The predicted molar refractivity (Wildman–Crippen MR) is 72.0 cm³/mol. The van der Waals surface area contributed by atoms with Gasteiger partial charge in [-0.1, -0.05) is 46.0 Å². The van der Waals surface area contributed by atoms with E-state index in [1.807, 2.05) is 0 Å². The molecule has 0 unspecified atom stereocenters. The van der Waals surface area contributed by atoms with Crippen LogP contribution < -0.4 is 0 Å². The Labute approximate surface area is 102 Å². The Morgan fingerprint density at radius 2 is 1.25 bits per heavy atom. The van der Waals surface area contributed by atoms with E-state index in [4.69, 9.17) is 4.74 Å². The van der Waals surface area contributed by atoms with E-state index in [-0.39, 0.29) is 0 Å². The van der Waals surface area contributed by atoms with Crippen LogP contribution in [0.15, 0.2) is 0 Å². The van der Waals surface area contributed by atoms with Gasteiger partial charge in [-0.25, -0.2) is 0 Å². The predicted octanol–water partition coefficient (Wildman–Crippen LogP) is 3.71. The van der Waals surface area contributed by atoms with Crippen molar-refractivity contribution in [2.45, 2.75) is 58.8 Å². The van der Waals surface area contributed by atoms with Crippen LogP contribution in [-0.2, 0) is 4.74 Å². The molecule has 0 saturated heterocycles. The molecule has 0 spiro atoms. The SMILES string of the molecule is CCN(CC)CCCCCCCCCOC. The maximum atomic E-state index is 5.03. The Kier molecular flexibility index (Phi) is 12.9. The van der Waals surface area contributed by atoms with Crippen LogP contribution in [0.25, 0.3) is 0 Å². The maximum absolute atomic E-state index is 5.03. The summed E-state index contributed by atoms with van der Waals surface area (Å²) in [7, 11) is 1.78. The molecule has 0 aromatic rings. The van der Waals surface area contributed by atoms with Crippen molar-refractivity contribution < 1.29 is 4.74 Å². The van der Waals surface area contributed by atoms with Crippen LogP contribution in [0.3, 0.4) is 0 Å². The molecule has 0 saturated carbocycles. The monoisotopic (exact) mass is 229 g/mol. The Bertz CT molecular complexity index is 124. The first-order chi connectivity index (χ1) is 7.85. The molecule has 2 heteroatoms. The number of ether oxygens (including phenoxy) is 1. The summed E-state index contributed by atoms with van der Waals surface area (Å²) in [4.78, 5) is 2.51. The van der Waals surface area contributed by atoms with Crippen molar-refractivity contribution in [1.29, 1.82) is 0 Å². The minimum Gasteiger partial charge on any atom is -0.385 e. The van der Waals surface area contributed by atoms with Gasteiger partial charge in [0.25, 0.3) is 0 Å². The van der Waals surface area contributed by atoms with Gasteiger partial charge in [-0.05, 0) is 32.5 Å². The van der Waals surface area contributed by atoms with E-state index < -0.39 is 0 Å². The van der Waals surface area contributed by atoms with Crippen molar-refractivity contribution in [1.82, 2.24) is 4.90 Å². The highest BCUT2D eigenvalue weighted by molar-refractivity contribution is 4.53. The molecule has 0 heterocycles. The molecule has 0 aromatic heterocycles. The summed E-state index contributed by atoms with van der Waals surface area (Å²) >= 11 is 0. The lowest BCUT2D eigenvalue weighted by Crippen LogP contribution is -2.23. The third-order valence-corrected chi connectivity index (χ3v) is 3.22. The highest BCUT2D eigenvalue weighted by Gasteiger charge is 1.97. The summed E-state index contributed by atoms with van der Waals surface area (Å²) in [6.45, 7) is 9.12.